The Morgan fingerprint density at radius 3 is 2.74 bits per heavy atom. The van der Waals surface area contributed by atoms with Gasteiger partial charge < -0.3 is 15.2 Å². The zero-order valence-electron chi connectivity index (χ0n) is 14.3. The number of rotatable bonds is 5. The summed E-state index contributed by atoms with van der Waals surface area (Å²) >= 11 is 0. The summed E-state index contributed by atoms with van der Waals surface area (Å²) in [7, 11) is 0. The number of nitrogens with zero attached hydrogens (tertiary/aromatic N) is 1. The van der Waals surface area contributed by atoms with E-state index in [-0.39, 0.29) is 12.1 Å². The lowest BCUT2D eigenvalue weighted by molar-refractivity contribution is 0.0503. The molecule has 23 heavy (non-hydrogen) atoms. The van der Waals surface area contributed by atoms with E-state index in [4.69, 9.17) is 4.74 Å². The molecule has 2 atom stereocenters. The second kappa shape index (κ2) is 7.79. The number of ether oxygens (including phenoxy) is 1. The normalized spacial score (nSPS) is 20.3. The minimum Gasteiger partial charge on any atom is -0.444 e. The third-order valence-corrected chi connectivity index (χ3v) is 3.97. The van der Waals surface area contributed by atoms with Gasteiger partial charge >= 0.3 is 6.09 Å². The highest BCUT2D eigenvalue weighted by Gasteiger charge is 2.27. The van der Waals surface area contributed by atoms with Gasteiger partial charge in [0.15, 0.2) is 0 Å². The fourth-order valence-corrected chi connectivity index (χ4v) is 2.88. The Labute approximate surface area is 138 Å². The lowest BCUT2D eigenvalue weighted by Gasteiger charge is -2.27. The molecule has 5 heteroatoms. The number of amides is 1. The minimum absolute atomic E-state index is 0.251. The average Bonchev–Trinajstić information content (AvgIpc) is 2.91. The summed E-state index contributed by atoms with van der Waals surface area (Å²) in [6.07, 6.45) is 1.23. The lowest BCUT2D eigenvalue weighted by Crippen LogP contribution is -2.43. The van der Waals surface area contributed by atoms with Gasteiger partial charge in [0, 0.05) is 19.1 Å². The summed E-state index contributed by atoms with van der Waals surface area (Å²) in [4.78, 5) is 14.0. The molecule has 0 saturated carbocycles. The van der Waals surface area contributed by atoms with Crippen LogP contribution in [0.1, 0.15) is 45.3 Å². The van der Waals surface area contributed by atoms with Crippen LogP contribution < -0.4 is 5.32 Å². The summed E-state index contributed by atoms with van der Waals surface area (Å²) in [5.41, 5.74) is 0.446. The van der Waals surface area contributed by atoms with E-state index < -0.39 is 11.7 Å². The van der Waals surface area contributed by atoms with Crippen molar-refractivity contribution < 1.29 is 14.6 Å². The van der Waals surface area contributed by atoms with Crippen LogP contribution in [0.25, 0.3) is 0 Å². The van der Waals surface area contributed by atoms with Gasteiger partial charge in [-0.25, -0.2) is 4.79 Å². The van der Waals surface area contributed by atoms with E-state index in [1.165, 1.54) is 0 Å². The molecule has 0 radical (unpaired) electrons. The van der Waals surface area contributed by atoms with Crippen LogP contribution in [0.5, 0.6) is 0 Å². The molecule has 1 aromatic rings. The summed E-state index contributed by atoms with van der Waals surface area (Å²) in [6.45, 7) is 7.64. The molecule has 2 unspecified atom stereocenters. The highest BCUT2D eigenvalue weighted by atomic mass is 16.6. The number of carbonyl (C=O) groups excluding carboxylic acids is 1. The Kier molecular flexibility index (Phi) is 6.02. The average molecular weight is 320 g/mol. The van der Waals surface area contributed by atoms with Crippen molar-refractivity contribution in [1.82, 2.24) is 10.2 Å². The second-order valence-corrected chi connectivity index (χ2v) is 7.10. The smallest absolute Gasteiger partial charge is 0.407 e. The van der Waals surface area contributed by atoms with E-state index in [0.717, 1.165) is 24.9 Å². The minimum atomic E-state index is -0.502. The predicted molar refractivity (Wildman–Crippen MR) is 90.2 cm³/mol. The number of hydrogen-bond acceptors (Lipinski definition) is 4. The molecule has 0 aliphatic carbocycles. The van der Waals surface area contributed by atoms with E-state index in [2.05, 4.69) is 10.2 Å². The molecule has 1 saturated heterocycles. The van der Waals surface area contributed by atoms with Crippen LogP contribution in [-0.4, -0.2) is 47.4 Å². The maximum Gasteiger partial charge on any atom is 0.407 e. The van der Waals surface area contributed by atoms with Crippen molar-refractivity contribution in [2.45, 2.75) is 51.4 Å². The molecule has 1 aliphatic heterocycles. The molecule has 1 fully saturated rings. The number of β-amino-alcohol motifs (C(OH)–C–C–N with tert-alkyl or cyclic N) is 1. The summed E-state index contributed by atoms with van der Waals surface area (Å²) in [5, 5.41) is 13.2. The Morgan fingerprint density at radius 2 is 2.09 bits per heavy atom. The van der Waals surface area contributed by atoms with Crippen molar-refractivity contribution in [3.05, 3.63) is 35.9 Å². The van der Waals surface area contributed by atoms with Crippen LogP contribution in [0, 0.1) is 0 Å². The molecule has 1 heterocycles. The Morgan fingerprint density at radius 1 is 1.39 bits per heavy atom. The number of aliphatic hydroxyl groups excluding tert-OH is 1. The second-order valence-electron chi connectivity index (χ2n) is 7.10. The first-order valence-electron chi connectivity index (χ1n) is 8.29. The Bertz CT molecular complexity index is 499. The number of benzene rings is 1. The first-order chi connectivity index (χ1) is 10.8. The number of aliphatic hydroxyl groups is 1. The van der Waals surface area contributed by atoms with Crippen LogP contribution >= 0.6 is 0 Å². The molecule has 2 N–H and O–H groups in total. The molecule has 0 spiro atoms. The van der Waals surface area contributed by atoms with Crippen molar-refractivity contribution in [3.63, 3.8) is 0 Å². The fraction of sp³-hybridized carbons (Fsp3) is 0.611. The van der Waals surface area contributed by atoms with Gasteiger partial charge in [0.1, 0.15) is 5.60 Å². The molecule has 1 amide bonds. The molecule has 0 bridgehead atoms. The van der Waals surface area contributed by atoms with Gasteiger partial charge in [-0.3, -0.25) is 4.90 Å². The van der Waals surface area contributed by atoms with Crippen LogP contribution in [0.4, 0.5) is 4.79 Å². The topological polar surface area (TPSA) is 61.8 Å². The van der Waals surface area contributed by atoms with Gasteiger partial charge in [-0.15, -0.1) is 0 Å². The lowest BCUT2D eigenvalue weighted by atomic mass is 10.1. The van der Waals surface area contributed by atoms with Gasteiger partial charge in [0.05, 0.1) is 6.10 Å². The quantitative estimate of drug-likeness (QED) is 0.876. The first-order valence-corrected chi connectivity index (χ1v) is 8.29. The van der Waals surface area contributed by atoms with E-state index >= 15 is 0 Å². The highest BCUT2D eigenvalue weighted by molar-refractivity contribution is 5.67. The maximum atomic E-state index is 11.8. The molecule has 5 nitrogen and oxygen atoms in total. The maximum absolute atomic E-state index is 11.8. The molecular formula is C18H28N2O3. The third kappa shape index (κ3) is 5.84. The predicted octanol–water partition coefficient (Wildman–Crippen LogP) is 2.71. The number of hydrogen-bond donors (Lipinski definition) is 2. The van der Waals surface area contributed by atoms with Crippen LogP contribution in [0.3, 0.4) is 0 Å². The number of likely N-dealkylation sites (tertiary alicyclic amines) is 1. The largest absolute Gasteiger partial charge is 0.444 e. The van der Waals surface area contributed by atoms with Crippen molar-refractivity contribution in [1.29, 1.82) is 0 Å². The molecule has 0 aromatic heterocycles. The van der Waals surface area contributed by atoms with E-state index in [1.54, 1.807) is 0 Å². The third-order valence-electron chi connectivity index (χ3n) is 3.97. The van der Waals surface area contributed by atoms with Gasteiger partial charge in [0.2, 0.25) is 0 Å². The van der Waals surface area contributed by atoms with E-state index in [9.17, 15) is 9.90 Å². The summed E-state index contributed by atoms with van der Waals surface area (Å²) in [6, 6.07) is 9.94. The SMILES string of the molecule is CC(C)(C)OC(=O)NCC1CCCN1CC(O)c1ccccc1. The van der Waals surface area contributed by atoms with Crippen molar-refractivity contribution >= 4 is 6.09 Å². The van der Waals surface area contributed by atoms with Crippen molar-refractivity contribution in [2.75, 3.05) is 19.6 Å². The zero-order valence-corrected chi connectivity index (χ0v) is 14.3. The van der Waals surface area contributed by atoms with Gasteiger partial charge in [-0.2, -0.15) is 0 Å². The molecule has 2 rings (SSSR count). The molecular weight excluding hydrogens is 292 g/mol. The Balaban J connectivity index is 1.82. The summed E-state index contributed by atoms with van der Waals surface area (Å²) in [5.74, 6) is 0. The monoisotopic (exact) mass is 320 g/mol. The van der Waals surface area contributed by atoms with Crippen LogP contribution in [0.2, 0.25) is 0 Å². The van der Waals surface area contributed by atoms with E-state index in [1.807, 2.05) is 51.1 Å². The van der Waals surface area contributed by atoms with Gasteiger partial charge in [0.25, 0.3) is 0 Å². The molecule has 128 valence electrons. The molecule has 1 aromatic carbocycles. The van der Waals surface area contributed by atoms with Gasteiger partial charge in [-0.05, 0) is 45.7 Å². The highest BCUT2D eigenvalue weighted by Crippen LogP contribution is 2.21. The van der Waals surface area contributed by atoms with Crippen LogP contribution in [-0.2, 0) is 4.74 Å². The number of nitrogens with one attached hydrogen (secondary N) is 1. The van der Waals surface area contributed by atoms with Gasteiger partial charge in [-0.1, -0.05) is 30.3 Å². The Hall–Kier alpha value is -1.59. The first kappa shape index (κ1) is 17.8. The van der Waals surface area contributed by atoms with E-state index in [0.29, 0.717) is 13.1 Å². The van der Waals surface area contributed by atoms with Crippen molar-refractivity contribution in [3.8, 4) is 0 Å². The zero-order chi connectivity index (χ0) is 16.9. The van der Waals surface area contributed by atoms with Crippen molar-refractivity contribution in [2.24, 2.45) is 0 Å². The summed E-state index contributed by atoms with van der Waals surface area (Å²) < 4.78 is 5.27. The fourth-order valence-electron chi connectivity index (χ4n) is 2.88. The molecule has 1 aliphatic rings. The number of carbonyl (C=O) groups is 1. The number of alkyl carbamates (subject to hydrolysis) is 1. The standard InChI is InChI=1S/C18H28N2O3/c1-18(2,3)23-17(22)19-12-15-10-7-11-20(15)13-16(21)14-8-5-4-6-9-14/h4-6,8-9,15-16,21H,7,10-13H2,1-3H3,(H,19,22). The van der Waals surface area contributed by atoms with Crippen LogP contribution in [0.15, 0.2) is 30.3 Å².